The lowest BCUT2D eigenvalue weighted by molar-refractivity contribution is 0.0897. The predicted octanol–water partition coefficient (Wildman–Crippen LogP) is 2.22. The van der Waals surface area contributed by atoms with E-state index in [4.69, 9.17) is 0 Å². The molecule has 3 rings (SSSR count). The third kappa shape index (κ3) is 2.84. The molecule has 6 nitrogen and oxygen atoms in total. The van der Waals surface area contributed by atoms with Crippen molar-refractivity contribution in [3.05, 3.63) is 42.2 Å². The number of amides is 1. The molecule has 1 aromatic carbocycles. The molecule has 22 heavy (non-hydrogen) atoms. The Labute approximate surface area is 128 Å². The molecular weight excluding hydrogens is 278 g/mol. The van der Waals surface area contributed by atoms with E-state index < -0.39 is 5.54 Å². The van der Waals surface area contributed by atoms with Crippen LogP contribution in [0.3, 0.4) is 0 Å². The molecule has 112 valence electrons. The molecule has 0 atom stereocenters. The summed E-state index contributed by atoms with van der Waals surface area (Å²) in [7, 11) is 0. The second-order valence-electron chi connectivity index (χ2n) is 5.59. The van der Waals surface area contributed by atoms with Crippen LogP contribution in [0.4, 0.5) is 0 Å². The van der Waals surface area contributed by atoms with Crippen LogP contribution in [0, 0.1) is 11.3 Å². The van der Waals surface area contributed by atoms with E-state index >= 15 is 0 Å². The lowest BCUT2D eigenvalue weighted by Gasteiger charge is -2.31. The van der Waals surface area contributed by atoms with Crippen LogP contribution < -0.4 is 5.32 Å². The van der Waals surface area contributed by atoms with E-state index in [1.807, 2.05) is 30.3 Å². The molecule has 1 heterocycles. The Morgan fingerprint density at radius 2 is 1.95 bits per heavy atom. The molecule has 1 fully saturated rings. The fourth-order valence-corrected chi connectivity index (χ4v) is 2.78. The van der Waals surface area contributed by atoms with Gasteiger partial charge in [0.05, 0.1) is 18.0 Å². The zero-order chi connectivity index (χ0) is 15.4. The number of hydrogen-bond acceptors (Lipinski definition) is 4. The second-order valence-corrected chi connectivity index (χ2v) is 5.59. The largest absolute Gasteiger partial charge is 0.332 e. The van der Waals surface area contributed by atoms with Crippen LogP contribution in [0.5, 0.6) is 0 Å². The monoisotopic (exact) mass is 295 g/mol. The molecule has 1 aliphatic rings. The number of rotatable bonds is 3. The van der Waals surface area contributed by atoms with E-state index in [1.54, 1.807) is 10.9 Å². The lowest BCUT2D eigenvalue weighted by atomic mass is 9.83. The Morgan fingerprint density at radius 3 is 2.64 bits per heavy atom. The minimum absolute atomic E-state index is 0.226. The number of nitrogens with zero attached hydrogens (tertiary/aromatic N) is 4. The van der Waals surface area contributed by atoms with Gasteiger partial charge in [-0.25, -0.2) is 4.68 Å². The normalized spacial score (nSPS) is 16.7. The van der Waals surface area contributed by atoms with Crippen LogP contribution in [0.2, 0.25) is 0 Å². The molecule has 1 aromatic heterocycles. The van der Waals surface area contributed by atoms with Crippen molar-refractivity contribution in [2.45, 2.75) is 37.6 Å². The highest BCUT2D eigenvalue weighted by molar-refractivity contribution is 5.92. The van der Waals surface area contributed by atoms with Crippen molar-refractivity contribution in [1.82, 2.24) is 20.3 Å². The molecule has 0 saturated heterocycles. The van der Waals surface area contributed by atoms with E-state index in [0.29, 0.717) is 12.8 Å². The van der Waals surface area contributed by atoms with Crippen LogP contribution in [-0.2, 0) is 0 Å². The number of carbonyl (C=O) groups is 1. The Bertz CT molecular complexity index is 695. The minimum Gasteiger partial charge on any atom is -0.332 e. The maximum absolute atomic E-state index is 12.3. The number of para-hydroxylation sites is 1. The highest BCUT2D eigenvalue weighted by atomic mass is 16.2. The molecule has 1 aliphatic carbocycles. The predicted molar refractivity (Wildman–Crippen MR) is 80.3 cm³/mol. The van der Waals surface area contributed by atoms with Gasteiger partial charge >= 0.3 is 0 Å². The number of nitrogens with one attached hydrogen (secondary N) is 1. The smallest absolute Gasteiger partial charge is 0.274 e. The first kappa shape index (κ1) is 14.3. The highest BCUT2D eigenvalue weighted by Crippen LogP contribution is 2.27. The molecule has 0 bridgehead atoms. The van der Waals surface area contributed by atoms with Gasteiger partial charge in [0.15, 0.2) is 5.69 Å². The molecular formula is C16H17N5O. The summed E-state index contributed by atoms with van der Waals surface area (Å²) in [6, 6.07) is 11.7. The van der Waals surface area contributed by atoms with E-state index in [9.17, 15) is 10.1 Å². The quantitative estimate of drug-likeness (QED) is 0.941. The maximum Gasteiger partial charge on any atom is 0.274 e. The van der Waals surface area contributed by atoms with Gasteiger partial charge in [-0.1, -0.05) is 42.7 Å². The zero-order valence-corrected chi connectivity index (χ0v) is 12.2. The maximum atomic E-state index is 12.3. The van der Waals surface area contributed by atoms with Gasteiger partial charge in [-0.05, 0) is 25.0 Å². The van der Waals surface area contributed by atoms with Gasteiger partial charge in [0.1, 0.15) is 5.54 Å². The lowest BCUT2D eigenvalue weighted by Crippen LogP contribution is -2.48. The van der Waals surface area contributed by atoms with E-state index in [2.05, 4.69) is 21.7 Å². The van der Waals surface area contributed by atoms with Crippen molar-refractivity contribution in [2.75, 3.05) is 0 Å². The van der Waals surface area contributed by atoms with Crippen LogP contribution in [-0.4, -0.2) is 26.4 Å². The zero-order valence-electron chi connectivity index (χ0n) is 12.2. The van der Waals surface area contributed by atoms with E-state index in [1.165, 1.54) is 0 Å². The third-order valence-corrected chi connectivity index (χ3v) is 4.02. The van der Waals surface area contributed by atoms with Crippen LogP contribution in [0.25, 0.3) is 5.69 Å². The van der Waals surface area contributed by atoms with Crippen LogP contribution in [0.15, 0.2) is 36.5 Å². The summed E-state index contributed by atoms with van der Waals surface area (Å²) in [5.74, 6) is -0.342. The summed E-state index contributed by atoms with van der Waals surface area (Å²) in [4.78, 5) is 12.3. The number of benzene rings is 1. The summed E-state index contributed by atoms with van der Waals surface area (Å²) in [5.41, 5.74) is 0.303. The fourth-order valence-electron chi connectivity index (χ4n) is 2.78. The van der Waals surface area contributed by atoms with Crippen molar-refractivity contribution < 1.29 is 4.79 Å². The molecule has 0 aliphatic heterocycles. The molecule has 1 saturated carbocycles. The first-order valence-corrected chi connectivity index (χ1v) is 7.44. The fraction of sp³-hybridized carbons (Fsp3) is 0.375. The Hall–Kier alpha value is -2.68. The van der Waals surface area contributed by atoms with E-state index in [0.717, 1.165) is 24.9 Å². The first-order chi connectivity index (χ1) is 10.7. The average Bonchev–Trinajstić information content (AvgIpc) is 3.07. The van der Waals surface area contributed by atoms with E-state index in [-0.39, 0.29) is 11.6 Å². The van der Waals surface area contributed by atoms with Gasteiger partial charge in [-0.15, -0.1) is 5.10 Å². The summed E-state index contributed by atoms with van der Waals surface area (Å²) in [6.45, 7) is 0. The van der Waals surface area contributed by atoms with Crippen molar-refractivity contribution in [3.63, 3.8) is 0 Å². The topological polar surface area (TPSA) is 83.6 Å². The van der Waals surface area contributed by atoms with Gasteiger partial charge < -0.3 is 5.32 Å². The summed E-state index contributed by atoms with van der Waals surface area (Å²) < 4.78 is 1.55. The molecule has 0 unspecified atom stereocenters. The van der Waals surface area contributed by atoms with Gasteiger partial charge in [-0.2, -0.15) is 5.26 Å². The Balaban J connectivity index is 1.76. The third-order valence-electron chi connectivity index (χ3n) is 4.02. The van der Waals surface area contributed by atoms with Crippen molar-refractivity contribution in [1.29, 1.82) is 5.26 Å². The summed E-state index contributed by atoms with van der Waals surface area (Å²) >= 11 is 0. The van der Waals surface area contributed by atoms with Crippen molar-refractivity contribution >= 4 is 5.91 Å². The Morgan fingerprint density at radius 1 is 1.23 bits per heavy atom. The Kier molecular flexibility index (Phi) is 3.88. The number of hydrogen-bond donors (Lipinski definition) is 1. The average molecular weight is 295 g/mol. The van der Waals surface area contributed by atoms with Gasteiger partial charge in [-0.3, -0.25) is 4.79 Å². The van der Waals surface area contributed by atoms with Gasteiger partial charge in [0.2, 0.25) is 0 Å². The van der Waals surface area contributed by atoms with Gasteiger partial charge in [0.25, 0.3) is 5.91 Å². The molecule has 6 heteroatoms. The van der Waals surface area contributed by atoms with Crippen molar-refractivity contribution in [2.24, 2.45) is 0 Å². The first-order valence-electron chi connectivity index (χ1n) is 7.44. The molecule has 0 radical (unpaired) electrons. The standard InChI is InChI=1S/C16H17N5O/c17-12-16(9-5-2-6-10-16)18-15(22)14-11-21(20-19-14)13-7-3-1-4-8-13/h1,3-4,7-8,11H,2,5-6,9-10H2,(H,18,22). The molecule has 1 amide bonds. The number of nitriles is 1. The highest BCUT2D eigenvalue weighted by Gasteiger charge is 2.34. The molecule has 2 aromatic rings. The van der Waals surface area contributed by atoms with Crippen molar-refractivity contribution in [3.8, 4) is 11.8 Å². The second kappa shape index (κ2) is 5.98. The van der Waals surface area contributed by atoms with Crippen LogP contribution >= 0.6 is 0 Å². The number of aromatic nitrogens is 3. The minimum atomic E-state index is -0.758. The van der Waals surface area contributed by atoms with Gasteiger partial charge in [0, 0.05) is 0 Å². The van der Waals surface area contributed by atoms with Crippen LogP contribution in [0.1, 0.15) is 42.6 Å². The summed E-state index contributed by atoms with van der Waals surface area (Å²) in [6.07, 6.45) is 6.02. The molecule has 1 N–H and O–H groups in total. The number of carbonyl (C=O) groups excluding carboxylic acids is 1. The molecule has 0 spiro atoms. The summed E-state index contributed by atoms with van der Waals surface area (Å²) in [5, 5.41) is 20.1. The SMILES string of the molecule is N#CC1(NC(=O)c2cn(-c3ccccc3)nn2)CCCCC1.